The highest BCUT2D eigenvalue weighted by Crippen LogP contribution is 2.35. The van der Waals surface area contributed by atoms with E-state index >= 15 is 0 Å². The van der Waals surface area contributed by atoms with Crippen molar-refractivity contribution < 1.29 is 9.66 Å². The number of aryl methyl sites for hydroxylation is 1. The summed E-state index contributed by atoms with van der Waals surface area (Å²) in [5.41, 5.74) is 7.37. The number of methoxy groups -OCH3 is 1. The molecular formula is C14H21N3O3. The van der Waals surface area contributed by atoms with Crippen molar-refractivity contribution in [3.63, 3.8) is 0 Å². The van der Waals surface area contributed by atoms with Crippen LogP contribution in [-0.2, 0) is 4.74 Å². The molecule has 1 aromatic carbocycles. The van der Waals surface area contributed by atoms with Crippen molar-refractivity contribution in [3.05, 3.63) is 33.9 Å². The zero-order chi connectivity index (χ0) is 14.7. The van der Waals surface area contributed by atoms with Gasteiger partial charge in [0.2, 0.25) is 0 Å². The molecule has 110 valence electrons. The molecule has 1 fully saturated rings. The summed E-state index contributed by atoms with van der Waals surface area (Å²) < 4.78 is 5.39. The summed E-state index contributed by atoms with van der Waals surface area (Å²) in [4.78, 5) is 13.1. The molecule has 0 aromatic heterocycles. The SMILES string of the molecule is COC1CCN(c2cccc(C)c2[N+](=O)[O-])C(CN)C1. The molecule has 20 heavy (non-hydrogen) atoms. The van der Waals surface area contributed by atoms with Gasteiger partial charge < -0.3 is 15.4 Å². The number of nitrogens with two attached hydrogens (primary N) is 1. The Morgan fingerprint density at radius 2 is 2.30 bits per heavy atom. The van der Waals surface area contributed by atoms with Crippen LogP contribution in [0.1, 0.15) is 18.4 Å². The van der Waals surface area contributed by atoms with Gasteiger partial charge in [0.05, 0.1) is 11.0 Å². The Morgan fingerprint density at radius 1 is 1.55 bits per heavy atom. The van der Waals surface area contributed by atoms with Crippen molar-refractivity contribution in [2.75, 3.05) is 25.1 Å². The molecule has 0 spiro atoms. The summed E-state index contributed by atoms with van der Waals surface area (Å²) in [6, 6.07) is 5.50. The molecule has 1 heterocycles. The van der Waals surface area contributed by atoms with Crippen LogP contribution in [-0.4, -0.2) is 37.3 Å². The lowest BCUT2D eigenvalue weighted by atomic mass is 9.97. The second-order valence-corrected chi connectivity index (χ2v) is 5.16. The van der Waals surface area contributed by atoms with E-state index < -0.39 is 0 Å². The van der Waals surface area contributed by atoms with Gasteiger partial charge in [0.1, 0.15) is 5.69 Å². The molecule has 0 radical (unpaired) electrons. The summed E-state index contributed by atoms with van der Waals surface area (Å²) in [6.07, 6.45) is 1.85. The van der Waals surface area contributed by atoms with Crippen LogP contribution in [0.4, 0.5) is 11.4 Å². The van der Waals surface area contributed by atoms with E-state index in [-0.39, 0.29) is 22.8 Å². The zero-order valence-electron chi connectivity index (χ0n) is 11.9. The van der Waals surface area contributed by atoms with Crippen LogP contribution >= 0.6 is 0 Å². The van der Waals surface area contributed by atoms with Crippen LogP contribution in [0.2, 0.25) is 0 Å². The summed E-state index contributed by atoms with van der Waals surface area (Å²) in [6.45, 7) is 2.95. The lowest BCUT2D eigenvalue weighted by Crippen LogP contribution is -2.48. The Morgan fingerprint density at radius 3 is 2.90 bits per heavy atom. The average Bonchev–Trinajstić information content (AvgIpc) is 2.45. The molecule has 0 aliphatic carbocycles. The summed E-state index contributed by atoms with van der Waals surface area (Å²) >= 11 is 0. The smallest absolute Gasteiger partial charge is 0.295 e. The number of para-hydroxylation sites is 1. The summed E-state index contributed by atoms with van der Waals surface area (Å²) in [7, 11) is 1.70. The highest BCUT2D eigenvalue weighted by atomic mass is 16.6. The first-order valence-electron chi connectivity index (χ1n) is 6.82. The van der Waals surface area contributed by atoms with E-state index in [1.54, 1.807) is 26.2 Å². The number of ether oxygens (including phenoxy) is 1. The molecule has 0 bridgehead atoms. The number of nitro groups is 1. The van der Waals surface area contributed by atoms with E-state index in [9.17, 15) is 10.1 Å². The topological polar surface area (TPSA) is 81.6 Å². The quantitative estimate of drug-likeness (QED) is 0.672. The maximum absolute atomic E-state index is 11.3. The van der Waals surface area contributed by atoms with Gasteiger partial charge >= 0.3 is 0 Å². The van der Waals surface area contributed by atoms with Gasteiger partial charge in [0, 0.05) is 31.8 Å². The number of piperidine rings is 1. The van der Waals surface area contributed by atoms with Gasteiger partial charge in [-0.3, -0.25) is 10.1 Å². The highest BCUT2D eigenvalue weighted by Gasteiger charge is 2.32. The maximum Gasteiger partial charge on any atom is 0.295 e. The Bertz CT molecular complexity index is 493. The number of nitrogens with zero attached hydrogens (tertiary/aromatic N) is 2. The van der Waals surface area contributed by atoms with Crippen LogP contribution in [0.3, 0.4) is 0 Å². The van der Waals surface area contributed by atoms with E-state index in [2.05, 4.69) is 4.90 Å². The maximum atomic E-state index is 11.3. The first kappa shape index (κ1) is 14.7. The second-order valence-electron chi connectivity index (χ2n) is 5.16. The van der Waals surface area contributed by atoms with Gasteiger partial charge in [0.15, 0.2) is 0 Å². The Balaban J connectivity index is 2.35. The van der Waals surface area contributed by atoms with Gasteiger partial charge in [-0.2, -0.15) is 0 Å². The standard InChI is InChI=1S/C14H21N3O3/c1-10-4-3-5-13(14(10)17(18)19)16-7-6-12(20-2)8-11(16)9-15/h3-5,11-12H,6-9,15H2,1-2H3. The van der Waals surface area contributed by atoms with Crippen molar-refractivity contribution in [2.45, 2.75) is 31.9 Å². The molecule has 2 atom stereocenters. The van der Waals surface area contributed by atoms with Gasteiger partial charge in [-0.05, 0) is 25.8 Å². The largest absolute Gasteiger partial charge is 0.381 e. The number of hydrogen-bond donors (Lipinski definition) is 1. The van der Waals surface area contributed by atoms with Crippen molar-refractivity contribution in [1.29, 1.82) is 0 Å². The fraction of sp³-hybridized carbons (Fsp3) is 0.571. The zero-order valence-corrected chi connectivity index (χ0v) is 11.9. The predicted molar refractivity (Wildman–Crippen MR) is 78.1 cm³/mol. The van der Waals surface area contributed by atoms with Crippen LogP contribution in [0.15, 0.2) is 18.2 Å². The van der Waals surface area contributed by atoms with E-state index in [4.69, 9.17) is 10.5 Å². The molecular weight excluding hydrogens is 258 g/mol. The lowest BCUT2D eigenvalue weighted by molar-refractivity contribution is -0.384. The van der Waals surface area contributed by atoms with Gasteiger partial charge in [-0.15, -0.1) is 0 Å². The summed E-state index contributed by atoms with van der Waals surface area (Å²) in [5, 5.41) is 11.3. The highest BCUT2D eigenvalue weighted by molar-refractivity contribution is 5.67. The number of hydrogen-bond acceptors (Lipinski definition) is 5. The molecule has 2 N–H and O–H groups in total. The van der Waals surface area contributed by atoms with Gasteiger partial charge in [-0.25, -0.2) is 0 Å². The van der Waals surface area contributed by atoms with E-state index in [1.165, 1.54) is 0 Å². The Hall–Kier alpha value is -1.66. The third kappa shape index (κ3) is 2.76. The van der Waals surface area contributed by atoms with Crippen LogP contribution in [0.25, 0.3) is 0 Å². The Kier molecular flexibility index (Phi) is 4.57. The van der Waals surface area contributed by atoms with Gasteiger partial charge in [0.25, 0.3) is 5.69 Å². The molecule has 0 saturated carbocycles. The Labute approximate surface area is 118 Å². The van der Waals surface area contributed by atoms with Gasteiger partial charge in [-0.1, -0.05) is 12.1 Å². The van der Waals surface area contributed by atoms with Crippen LogP contribution in [0.5, 0.6) is 0 Å². The van der Waals surface area contributed by atoms with Crippen molar-refractivity contribution in [2.24, 2.45) is 5.73 Å². The molecule has 1 aliphatic heterocycles. The summed E-state index contributed by atoms with van der Waals surface area (Å²) in [5.74, 6) is 0. The molecule has 6 nitrogen and oxygen atoms in total. The average molecular weight is 279 g/mol. The van der Waals surface area contributed by atoms with E-state index in [1.807, 2.05) is 6.07 Å². The number of benzene rings is 1. The minimum absolute atomic E-state index is 0.0780. The third-order valence-corrected chi connectivity index (χ3v) is 3.98. The molecule has 1 saturated heterocycles. The van der Waals surface area contributed by atoms with Crippen LogP contribution < -0.4 is 10.6 Å². The molecule has 2 rings (SSSR count). The normalized spacial score (nSPS) is 22.9. The molecule has 2 unspecified atom stereocenters. The molecule has 0 amide bonds. The predicted octanol–water partition coefficient (Wildman–Crippen LogP) is 1.85. The third-order valence-electron chi connectivity index (χ3n) is 3.98. The van der Waals surface area contributed by atoms with Crippen molar-refractivity contribution in [3.8, 4) is 0 Å². The number of anilines is 1. The minimum atomic E-state index is -0.305. The van der Waals surface area contributed by atoms with Crippen molar-refractivity contribution >= 4 is 11.4 Å². The molecule has 6 heteroatoms. The van der Waals surface area contributed by atoms with Crippen molar-refractivity contribution in [1.82, 2.24) is 0 Å². The van der Waals surface area contributed by atoms with Crippen LogP contribution in [0, 0.1) is 17.0 Å². The second kappa shape index (κ2) is 6.19. The van der Waals surface area contributed by atoms with E-state index in [0.717, 1.165) is 19.4 Å². The molecule has 1 aromatic rings. The first-order valence-corrected chi connectivity index (χ1v) is 6.82. The first-order chi connectivity index (χ1) is 9.58. The minimum Gasteiger partial charge on any atom is -0.381 e. The molecule has 1 aliphatic rings. The van der Waals surface area contributed by atoms with E-state index in [0.29, 0.717) is 17.8 Å². The fourth-order valence-electron chi connectivity index (χ4n) is 2.88. The fourth-order valence-corrected chi connectivity index (χ4v) is 2.88. The number of rotatable bonds is 4. The lowest BCUT2D eigenvalue weighted by Gasteiger charge is -2.39. The monoisotopic (exact) mass is 279 g/mol. The number of nitro benzene ring substituents is 1.